The van der Waals surface area contributed by atoms with Crippen molar-refractivity contribution in [3.8, 4) is 5.75 Å². The highest BCUT2D eigenvalue weighted by atomic mass is 35.5. The van der Waals surface area contributed by atoms with Crippen LogP contribution in [0.15, 0.2) is 30.6 Å². The van der Waals surface area contributed by atoms with Crippen LogP contribution in [0.4, 0.5) is 5.82 Å². The molecule has 0 aliphatic heterocycles. The van der Waals surface area contributed by atoms with Crippen LogP contribution in [0.25, 0.3) is 0 Å². The second-order valence-electron chi connectivity index (χ2n) is 4.15. The molecule has 0 spiro atoms. The Labute approximate surface area is 117 Å². The van der Waals surface area contributed by atoms with Gasteiger partial charge in [0.2, 0.25) is 0 Å². The molecule has 1 heterocycles. The number of aryl methyl sites for hydroxylation is 1. The molecule has 0 unspecified atom stereocenters. The molecule has 100 valence electrons. The fourth-order valence-corrected chi connectivity index (χ4v) is 2.08. The van der Waals surface area contributed by atoms with E-state index in [9.17, 15) is 0 Å². The summed E-state index contributed by atoms with van der Waals surface area (Å²) in [5, 5.41) is 3.54. The summed E-state index contributed by atoms with van der Waals surface area (Å²) in [6.45, 7) is 2.87. The minimum Gasteiger partial charge on any atom is -0.490 e. The van der Waals surface area contributed by atoms with E-state index in [1.165, 1.54) is 17.5 Å². The quantitative estimate of drug-likeness (QED) is 0.853. The van der Waals surface area contributed by atoms with Gasteiger partial charge in [-0.25, -0.2) is 9.97 Å². The standard InChI is InChI=1S/C14H16ClN3O/c1-10-5-3-4-6-11(10)7-8-16-14-12(19-2)13(15)17-9-18-14/h3-6,9H,7-8H2,1-2H3,(H,16,17,18). The van der Waals surface area contributed by atoms with Crippen molar-refractivity contribution < 1.29 is 4.74 Å². The second kappa shape index (κ2) is 6.38. The lowest BCUT2D eigenvalue weighted by atomic mass is 10.1. The van der Waals surface area contributed by atoms with Crippen molar-refractivity contribution >= 4 is 17.4 Å². The van der Waals surface area contributed by atoms with Gasteiger partial charge in [0.25, 0.3) is 0 Å². The summed E-state index contributed by atoms with van der Waals surface area (Å²) < 4.78 is 5.18. The van der Waals surface area contributed by atoms with Crippen molar-refractivity contribution in [3.63, 3.8) is 0 Å². The third-order valence-corrected chi connectivity index (χ3v) is 3.18. The maximum atomic E-state index is 5.93. The summed E-state index contributed by atoms with van der Waals surface area (Å²) in [5.41, 5.74) is 2.60. The van der Waals surface area contributed by atoms with Gasteiger partial charge in [-0.1, -0.05) is 35.9 Å². The van der Waals surface area contributed by atoms with Crippen LogP contribution in [-0.2, 0) is 6.42 Å². The molecule has 4 nitrogen and oxygen atoms in total. The normalized spacial score (nSPS) is 10.3. The van der Waals surface area contributed by atoms with E-state index in [4.69, 9.17) is 16.3 Å². The van der Waals surface area contributed by atoms with Gasteiger partial charge in [0.15, 0.2) is 16.7 Å². The predicted octanol–water partition coefficient (Wildman–Crippen LogP) is 3.10. The Morgan fingerprint density at radius 2 is 2.05 bits per heavy atom. The van der Waals surface area contributed by atoms with Crippen LogP contribution in [0.2, 0.25) is 5.15 Å². The second-order valence-corrected chi connectivity index (χ2v) is 4.51. The molecule has 0 radical (unpaired) electrons. The Kier molecular flexibility index (Phi) is 4.58. The fraction of sp³-hybridized carbons (Fsp3) is 0.286. The van der Waals surface area contributed by atoms with E-state index in [-0.39, 0.29) is 0 Å². The van der Waals surface area contributed by atoms with E-state index >= 15 is 0 Å². The lowest BCUT2D eigenvalue weighted by Gasteiger charge is -2.11. The van der Waals surface area contributed by atoms with Crippen LogP contribution >= 0.6 is 11.6 Å². The number of benzene rings is 1. The average Bonchev–Trinajstić information content (AvgIpc) is 2.41. The first-order valence-corrected chi connectivity index (χ1v) is 6.43. The number of rotatable bonds is 5. The smallest absolute Gasteiger partial charge is 0.198 e. The summed E-state index contributed by atoms with van der Waals surface area (Å²) >= 11 is 5.93. The molecular formula is C14H16ClN3O. The largest absolute Gasteiger partial charge is 0.490 e. The number of nitrogens with one attached hydrogen (secondary N) is 1. The van der Waals surface area contributed by atoms with E-state index in [0.717, 1.165) is 13.0 Å². The monoisotopic (exact) mass is 277 g/mol. The van der Waals surface area contributed by atoms with Crippen molar-refractivity contribution in [2.75, 3.05) is 19.0 Å². The summed E-state index contributed by atoms with van der Waals surface area (Å²) in [4.78, 5) is 8.01. The maximum Gasteiger partial charge on any atom is 0.198 e. The number of anilines is 1. The zero-order valence-electron chi connectivity index (χ0n) is 11.0. The Morgan fingerprint density at radius 1 is 1.26 bits per heavy atom. The topological polar surface area (TPSA) is 47.0 Å². The fourth-order valence-electron chi connectivity index (χ4n) is 1.87. The van der Waals surface area contributed by atoms with E-state index in [0.29, 0.717) is 16.7 Å². The van der Waals surface area contributed by atoms with Crippen molar-refractivity contribution in [2.45, 2.75) is 13.3 Å². The summed E-state index contributed by atoms with van der Waals surface area (Å²) in [6, 6.07) is 8.32. The zero-order chi connectivity index (χ0) is 13.7. The van der Waals surface area contributed by atoms with Gasteiger partial charge < -0.3 is 10.1 Å². The molecule has 0 amide bonds. The first kappa shape index (κ1) is 13.6. The van der Waals surface area contributed by atoms with Gasteiger partial charge in [0.1, 0.15) is 6.33 Å². The Hall–Kier alpha value is -1.81. The molecule has 0 saturated heterocycles. The number of hydrogen-bond acceptors (Lipinski definition) is 4. The number of hydrogen-bond donors (Lipinski definition) is 1. The van der Waals surface area contributed by atoms with Crippen molar-refractivity contribution in [1.29, 1.82) is 0 Å². The lowest BCUT2D eigenvalue weighted by Crippen LogP contribution is -2.09. The van der Waals surface area contributed by atoms with Crippen LogP contribution in [0.5, 0.6) is 5.75 Å². The van der Waals surface area contributed by atoms with Gasteiger partial charge in [-0.05, 0) is 24.5 Å². The summed E-state index contributed by atoms with van der Waals surface area (Å²) in [7, 11) is 1.55. The van der Waals surface area contributed by atoms with Gasteiger partial charge >= 0.3 is 0 Å². The number of aromatic nitrogens is 2. The average molecular weight is 278 g/mol. The van der Waals surface area contributed by atoms with Crippen molar-refractivity contribution in [1.82, 2.24) is 9.97 Å². The molecule has 19 heavy (non-hydrogen) atoms. The SMILES string of the molecule is COc1c(Cl)ncnc1NCCc1ccccc1C. The first-order valence-electron chi connectivity index (χ1n) is 6.05. The summed E-state index contributed by atoms with van der Waals surface area (Å²) in [6.07, 6.45) is 2.33. The Balaban J connectivity index is 2.00. The third kappa shape index (κ3) is 3.35. The van der Waals surface area contributed by atoms with Crippen molar-refractivity contribution in [3.05, 3.63) is 46.9 Å². The Bertz CT molecular complexity index is 560. The summed E-state index contributed by atoms with van der Waals surface area (Å²) in [5.74, 6) is 1.10. The molecule has 0 fully saturated rings. The van der Waals surface area contributed by atoms with Gasteiger partial charge in [0.05, 0.1) is 7.11 Å². The zero-order valence-corrected chi connectivity index (χ0v) is 11.7. The highest BCUT2D eigenvalue weighted by Gasteiger charge is 2.09. The van der Waals surface area contributed by atoms with Crippen LogP contribution < -0.4 is 10.1 Å². The Morgan fingerprint density at radius 3 is 2.79 bits per heavy atom. The molecule has 2 aromatic rings. The third-order valence-electron chi connectivity index (χ3n) is 2.91. The molecule has 0 atom stereocenters. The molecular weight excluding hydrogens is 262 g/mol. The van der Waals surface area contributed by atoms with E-state index in [1.807, 2.05) is 12.1 Å². The van der Waals surface area contributed by atoms with Gasteiger partial charge in [-0.15, -0.1) is 0 Å². The van der Waals surface area contributed by atoms with Crippen LogP contribution in [0, 0.1) is 6.92 Å². The molecule has 0 aliphatic rings. The molecule has 1 aromatic carbocycles. The van der Waals surface area contributed by atoms with E-state index < -0.39 is 0 Å². The van der Waals surface area contributed by atoms with Crippen molar-refractivity contribution in [2.24, 2.45) is 0 Å². The van der Waals surface area contributed by atoms with Gasteiger partial charge in [-0.3, -0.25) is 0 Å². The molecule has 1 aromatic heterocycles. The molecule has 0 aliphatic carbocycles. The predicted molar refractivity (Wildman–Crippen MR) is 77.0 cm³/mol. The van der Waals surface area contributed by atoms with E-state index in [1.54, 1.807) is 7.11 Å². The van der Waals surface area contributed by atoms with Crippen LogP contribution in [0.1, 0.15) is 11.1 Å². The minimum absolute atomic E-state index is 0.316. The van der Waals surface area contributed by atoms with Crippen LogP contribution in [-0.4, -0.2) is 23.6 Å². The molecule has 0 bridgehead atoms. The maximum absolute atomic E-state index is 5.93. The van der Waals surface area contributed by atoms with Crippen LogP contribution in [0.3, 0.4) is 0 Å². The highest BCUT2D eigenvalue weighted by molar-refractivity contribution is 6.31. The van der Waals surface area contributed by atoms with Gasteiger partial charge in [-0.2, -0.15) is 0 Å². The number of halogens is 1. The molecule has 0 saturated carbocycles. The molecule has 2 rings (SSSR count). The van der Waals surface area contributed by atoms with E-state index in [2.05, 4.69) is 34.3 Å². The van der Waals surface area contributed by atoms with Gasteiger partial charge in [0, 0.05) is 6.54 Å². The number of methoxy groups -OCH3 is 1. The molecule has 1 N–H and O–H groups in total. The lowest BCUT2D eigenvalue weighted by molar-refractivity contribution is 0.413. The first-order chi connectivity index (χ1) is 9.22. The minimum atomic E-state index is 0.316. The molecule has 5 heteroatoms. The number of ether oxygens (including phenoxy) is 1. The highest BCUT2D eigenvalue weighted by Crippen LogP contribution is 2.28. The number of nitrogens with zero attached hydrogens (tertiary/aromatic N) is 2.